The summed E-state index contributed by atoms with van der Waals surface area (Å²) in [6.45, 7) is 0. The van der Waals surface area contributed by atoms with Crippen LogP contribution in [0.15, 0.2) is 192 Å². The summed E-state index contributed by atoms with van der Waals surface area (Å²) in [4.78, 5) is 15.2. The van der Waals surface area contributed by atoms with Crippen molar-refractivity contribution in [2.45, 2.75) is 5.41 Å². The topological polar surface area (TPSA) is 70.3 Å². The number of hydrogen-bond donors (Lipinski definition) is 0. The Hall–Kier alpha value is -7.83. The van der Waals surface area contributed by atoms with Crippen LogP contribution in [0.4, 0.5) is 0 Å². The summed E-state index contributed by atoms with van der Waals surface area (Å²) >= 11 is 0. The lowest BCUT2D eigenvalue weighted by atomic mass is 9.67. The molecule has 0 atom stereocenters. The number of hydrogen-bond acceptors (Lipinski definition) is 6. The summed E-state index contributed by atoms with van der Waals surface area (Å²) in [7, 11) is 0. The molecule has 12 rings (SSSR count). The van der Waals surface area contributed by atoms with Crippen LogP contribution in [-0.4, -0.2) is 15.0 Å². The van der Waals surface area contributed by atoms with Gasteiger partial charge in [0.2, 0.25) is 0 Å². The molecule has 0 radical (unpaired) electrons. The minimum atomic E-state index is -0.649. The molecular formula is C52H31N3O3. The maximum Gasteiger partial charge on any atom is 0.170 e. The SMILES string of the molecule is c1ccc(-c2nc(-c3ccc(C4(c5ccc6c(c5)Oc5ccccc5O6)c5ccccc5-c5ccccc54)cc3)nc(-c3ccc4oc5ccccc5c4c3)n2)cc1. The first-order valence-corrected chi connectivity index (χ1v) is 19.3. The molecule has 0 amide bonds. The second-order valence-corrected chi connectivity index (χ2v) is 14.7. The normalized spacial score (nSPS) is 13.2. The molecule has 6 heteroatoms. The van der Waals surface area contributed by atoms with Crippen molar-refractivity contribution >= 4 is 21.9 Å². The molecule has 1 aliphatic heterocycles. The third-order valence-electron chi connectivity index (χ3n) is 11.5. The highest BCUT2D eigenvalue weighted by Crippen LogP contribution is 2.58. The van der Waals surface area contributed by atoms with Gasteiger partial charge in [-0.05, 0) is 81.9 Å². The van der Waals surface area contributed by atoms with Crippen LogP contribution >= 0.6 is 0 Å². The van der Waals surface area contributed by atoms with Crippen molar-refractivity contribution in [2.24, 2.45) is 0 Å². The Morgan fingerprint density at radius 2 is 0.862 bits per heavy atom. The monoisotopic (exact) mass is 745 g/mol. The van der Waals surface area contributed by atoms with Gasteiger partial charge in [0, 0.05) is 27.5 Å². The molecule has 0 fully saturated rings. The third-order valence-corrected chi connectivity index (χ3v) is 11.5. The van der Waals surface area contributed by atoms with Gasteiger partial charge in [0.1, 0.15) is 11.2 Å². The molecule has 0 spiro atoms. The third kappa shape index (κ3) is 4.88. The molecule has 10 aromatic rings. The van der Waals surface area contributed by atoms with Crippen LogP contribution in [0.25, 0.3) is 67.2 Å². The van der Waals surface area contributed by atoms with Crippen molar-refractivity contribution in [3.05, 3.63) is 210 Å². The van der Waals surface area contributed by atoms with E-state index in [9.17, 15) is 0 Å². The molecule has 272 valence electrons. The summed E-state index contributed by atoms with van der Waals surface area (Å²) in [5.74, 6) is 4.56. The Balaban J connectivity index is 1.02. The Morgan fingerprint density at radius 3 is 1.59 bits per heavy atom. The van der Waals surface area contributed by atoms with Gasteiger partial charge < -0.3 is 13.9 Å². The van der Waals surface area contributed by atoms with Gasteiger partial charge in [-0.3, -0.25) is 0 Å². The van der Waals surface area contributed by atoms with E-state index >= 15 is 0 Å². The number of ether oxygens (including phenoxy) is 2. The molecule has 0 saturated carbocycles. The van der Waals surface area contributed by atoms with Crippen molar-refractivity contribution in [1.82, 2.24) is 15.0 Å². The second kappa shape index (κ2) is 12.6. The minimum absolute atomic E-state index is 0.590. The van der Waals surface area contributed by atoms with E-state index in [0.717, 1.165) is 49.8 Å². The fourth-order valence-electron chi connectivity index (χ4n) is 8.87. The first-order chi connectivity index (χ1) is 28.7. The summed E-state index contributed by atoms with van der Waals surface area (Å²) in [6, 6.07) is 64.6. The van der Waals surface area contributed by atoms with Gasteiger partial charge in [0.15, 0.2) is 40.5 Å². The molecule has 2 aliphatic rings. The first-order valence-electron chi connectivity index (χ1n) is 19.3. The lowest BCUT2D eigenvalue weighted by Gasteiger charge is -2.34. The Labute approximate surface area is 333 Å². The average Bonchev–Trinajstić information content (AvgIpc) is 3.82. The number of aromatic nitrogens is 3. The van der Waals surface area contributed by atoms with Gasteiger partial charge in [-0.25, -0.2) is 15.0 Å². The van der Waals surface area contributed by atoms with Crippen LogP contribution in [0.5, 0.6) is 23.0 Å². The number of fused-ring (bicyclic) bond motifs is 8. The van der Waals surface area contributed by atoms with Gasteiger partial charge in [-0.15, -0.1) is 0 Å². The largest absolute Gasteiger partial charge is 0.456 e. The molecule has 0 saturated heterocycles. The minimum Gasteiger partial charge on any atom is -0.456 e. The zero-order valence-corrected chi connectivity index (χ0v) is 31.0. The molecule has 2 aromatic heterocycles. The maximum atomic E-state index is 6.49. The van der Waals surface area contributed by atoms with Gasteiger partial charge in [-0.2, -0.15) is 0 Å². The lowest BCUT2D eigenvalue weighted by molar-refractivity contribution is 0.359. The zero-order valence-electron chi connectivity index (χ0n) is 31.0. The predicted octanol–water partition coefficient (Wildman–Crippen LogP) is 13.0. The first kappa shape index (κ1) is 32.4. The van der Waals surface area contributed by atoms with E-state index in [1.165, 1.54) is 22.3 Å². The zero-order chi connectivity index (χ0) is 38.2. The number of nitrogens with zero attached hydrogens (tertiary/aromatic N) is 3. The molecule has 58 heavy (non-hydrogen) atoms. The number of para-hydroxylation sites is 3. The van der Waals surface area contributed by atoms with Crippen molar-refractivity contribution in [3.63, 3.8) is 0 Å². The summed E-state index contributed by atoms with van der Waals surface area (Å²) < 4.78 is 18.9. The van der Waals surface area contributed by atoms with E-state index in [4.69, 9.17) is 28.8 Å². The van der Waals surface area contributed by atoms with Crippen LogP contribution in [0.2, 0.25) is 0 Å². The smallest absolute Gasteiger partial charge is 0.170 e. The molecule has 0 unspecified atom stereocenters. The van der Waals surface area contributed by atoms with E-state index in [2.05, 4.69) is 97.1 Å². The van der Waals surface area contributed by atoms with Gasteiger partial charge in [0.05, 0.1) is 5.41 Å². The highest BCUT2D eigenvalue weighted by molar-refractivity contribution is 6.06. The molecule has 1 aliphatic carbocycles. The van der Waals surface area contributed by atoms with Crippen molar-refractivity contribution in [1.29, 1.82) is 0 Å². The number of furan rings is 1. The van der Waals surface area contributed by atoms with Gasteiger partial charge >= 0.3 is 0 Å². The lowest BCUT2D eigenvalue weighted by Crippen LogP contribution is -2.28. The quantitative estimate of drug-likeness (QED) is 0.175. The van der Waals surface area contributed by atoms with Gasteiger partial charge in [0.25, 0.3) is 0 Å². The molecule has 0 bridgehead atoms. The van der Waals surface area contributed by atoms with E-state index < -0.39 is 5.41 Å². The van der Waals surface area contributed by atoms with E-state index in [1.54, 1.807) is 0 Å². The van der Waals surface area contributed by atoms with Crippen LogP contribution in [0.3, 0.4) is 0 Å². The van der Waals surface area contributed by atoms with Crippen LogP contribution < -0.4 is 9.47 Å². The van der Waals surface area contributed by atoms with Crippen molar-refractivity contribution in [2.75, 3.05) is 0 Å². The fraction of sp³-hybridized carbons (Fsp3) is 0.0192. The van der Waals surface area contributed by atoms with Crippen LogP contribution in [-0.2, 0) is 5.41 Å². The van der Waals surface area contributed by atoms with E-state index in [-0.39, 0.29) is 0 Å². The Bertz CT molecular complexity index is 3200. The highest BCUT2D eigenvalue weighted by Gasteiger charge is 2.46. The molecular weight excluding hydrogens is 715 g/mol. The summed E-state index contributed by atoms with van der Waals surface area (Å²) in [5.41, 5.74) is 10.7. The van der Waals surface area contributed by atoms with Crippen molar-refractivity contribution in [3.8, 4) is 68.3 Å². The predicted molar refractivity (Wildman–Crippen MR) is 227 cm³/mol. The standard InChI is InChI=1S/C52H31N3O3/c1-2-12-32(13-3-1)49-53-50(55-51(54-49)34-24-28-44-40(30-34)39-16-6-9-19-43(39)56-44)33-22-25-35(26-23-33)52(41-17-7-4-14-37(41)38-15-5-8-18-42(38)52)36-27-29-47-48(31-36)58-46-21-11-10-20-45(46)57-47/h1-31H. The highest BCUT2D eigenvalue weighted by atomic mass is 16.6. The fourth-order valence-corrected chi connectivity index (χ4v) is 8.87. The Kier molecular flexibility index (Phi) is 7.04. The number of rotatable bonds is 5. The Morgan fingerprint density at radius 1 is 0.345 bits per heavy atom. The summed E-state index contributed by atoms with van der Waals surface area (Å²) in [6.07, 6.45) is 0. The number of benzene rings is 8. The molecule has 0 N–H and O–H groups in total. The molecule has 8 aromatic carbocycles. The second-order valence-electron chi connectivity index (χ2n) is 14.7. The molecule has 6 nitrogen and oxygen atoms in total. The van der Waals surface area contributed by atoms with Crippen LogP contribution in [0, 0.1) is 0 Å². The molecule has 3 heterocycles. The van der Waals surface area contributed by atoms with Crippen molar-refractivity contribution < 1.29 is 13.9 Å². The maximum absolute atomic E-state index is 6.49. The van der Waals surface area contributed by atoms with Crippen LogP contribution in [0.1, 0.15) is 22.3 Å². The average molecular weight is 746 g/mol. The summed E-state index contributed by atoms with van der Waals surface area (Å²) in [5, 5.41) is 2.07. The van der Waals surface area contributed by atoms with E-state index in [0.29, 0.717) is 40.5 Å². The van der Waals surface area contributed by atoms with E-state index in [1.807, 2.05) is 91.0 Å². The van der Waals surface area contributed by atoms with Gasteiger partial charge in [-0.1, -0.05) is 140 Å².